The van der Waals surface area contributed by atoms with Crippen molar-refractivity contribution in [3.05, 3.63) is 95.6 Å². The molecular weight excluding hydrogens is 424 g/mol. The lowest BCUT2D eigenvalue weighted by atomic mass is 9.88. The van der Waals surface area contributed by atoms with E-state index in [0.717, 1.165) is 24.8 Å². The number of carbonyl (C=O) groups excluding carboxylic acids is 1. The number of hydrogen-bond acceptors (Lipinski definition) is 4. The third-order valence-corrected chi connectivity index (χ3v) is 6.93. The number of benzene rings is 3. The SMILES string of the molecule is O=C(COc1ccc(S(=O)(=O)NCc2ccccc2)cc1)N[C@H]1CCCc2ccccc21. The Morgan fingerprint density at radius 1 is 0.938 bits per heavy atom. The van der Waals surface area contributed by atoms with E-state index in [9.17, 15) is 13.2 Å². The van der Waals surface area contributed by atoms with Crippen LogP contribution in [0.2, 0.25) is 0 Å². The first-order valence-electron chi connectivity index (χ1n) is 10.6. The summed E-state index contributed by atoms with van der Waals surface area (Å²) in [6.45, 7) is 0.0862. The minimum absolute atomic E-state index is 0.000687. The molecule has 1 amide bonds. The molecule has 1 aliphatic rings. The quantitative estimate of drug-likeness (QED) is 0.548. The molecule has 0 fully saturated rings. The van der Waals surface area contributed by atoms with Crippen molar-refractivity contribution in [1.29, 1.82) is 0 Å². The van der Waals surface area contributed by atoms with Crippen molar-refractivity contribution in [3.63, 3.8) is 0 Å². The summed E-state index contributed by atoms with van der Waals surface area (Å²) in [4.78, 5) is 12.5. The summed E-state index contributed by atoms with van der Waals surface area (Å²) < 4.78 is 33.1. The van der Waals surface area contributed by atoms with Crippen LogP contribution in [0.15, 0.2) is 83.8 Å². The molecule has 0 spiro atoms. The predicted molar refractivity (Wildman–Crippen MR) is 123 cm³/mol. The van der Waals surface area contributed by atoms with Gasteiger partial charge in [0.05, 0.1) is 10.9 Å². The highest BCUT2D eigenvalue weighted by molar-refractivity contribution is 7.89. The molecule has 0 heterocycles. The standard InChI is InChI=1S/C25H26N2O4S/c28-25(27-24-12-6-10-20-9-4-5-11-23(20)24)18-31-21-13-15-22(16-14-21)32(29,30)26-17-19-7-2-1-3-8-19/h1-5,7-9,11,13-16,24,26H,6,10,12,17-18H2,(H,27,28)/t24-/m0/s1. The first kappa shape index (κ1) is 22.0. The Hall–Kier alpha value is -3.16. The van der Waals surface area contributed by atoms with Gasteiger partial charge in [0.1, 0.15) is 5.75 Å². The smallest absolute Gasteiger partial charge is 0.258 e. The van der Waals surface area contributed by atoms with Crippen molar-refractivity contribution in [1.82, 2.24) is 10.0 Å². The summed E-state index contributed by atoms with van der Waals surface area (Å²) >= 11 is 0. The Morgan fingerprint density at radius 3 is 2.44 bits per heavy atom. The highest BCUT2D eigenvalue weighted by Crippen LogP contribution is 2.29. The molecule has 3 aromatic carbocycles. The number of amides is 1. The molecule has 0 bridgehead atoms. The molecule has 0 radical (unpaired) electrons. The molecule has 0 saturated heterocycles. The molecule has 0 aromatic heterocycles. The largest absolute Gasteiger partial charge is 0.484 e. The fourth-order valence-corrected chi connectivity index (χ4v) is 4.88. The van der Waals surface area contributed by atoms with E-state index in [0.29, 0.717) is 5.75 Å². The molecule has 0 aliphatic heterocycles. The van der Waals surface area contributed by atoms with E-state index in [1.807, 2.05) is 42.5 Å². The molecule has 0 saturated carbocycles. The number of hydrogen-bond donors (Lipinski definition) is 2. The van der Waals surface area contributed by atoms with Crippen molar-refractivity contribution < 1.29 is 17.9 Å². The minimum Gasteiger partial charge on any atom is -0.484 e. The second-order valence-electron chi connectivity index (χ2n) is 7.78. The van der Waals surface area contributed by atoms with Gasteiger partial charge in [0, 0.05) is 6.54 Å². The lowest BCUT2D eigenvalue weighted by molar-refractivity contribution is -0.124. The lowest BCUT2D eigenvalue weighted by Gasteiger charge is -2.26. The average Bonchev–Trinajstić information content (AvgIpc) is 2.83. The van der Waals surface area contributed by atoms with Gasteiger partial charge in [0.15, 0.2) is 6.61 Å². The second-order valence-corrected chi connectivity index (χ2v) is 9.55. The number of nitrogens with one attached hydrogen (secondary N) is 2. The minimum atomic E-state index is -3.64. The van der Waals surface area contributed by atoms with Gasteiger partial charge in [0.25, 0.3) is 5.91 Å². The number of aryl methyl sites for hydroxylation is 1. The van der Waals surface area contributed by atoms with Gasteiger partial charge in [-0.25, -0.2) is 13.1 Å². The van der Waals surface area contributed by atoms with Crippen LogP contribution < -0.4 is 14.8 Å². The number of rotatable bonds is 8. The van der Waals surface area contributed by atoms with E-state index in [4.69, 9.17) is 4.74 Å². The monoisotopic (exact) mass is 450 g/mol. The molecule has 166 valence electrons. The normalized spacial score (nSPS) is 15.6. The van der Waals surface area contributed by atoms with Crippen molar-refractivity contribution in [2.75, 3.05) is 6.61 Å². The maximum absolute atomic E-state index is 12.5. The third-order valence-electron chi connectivity index (χ3n) is 5.52. The van der Waals surface area contributed by atoms with E-state index in [1.54, 1.807) is 12.1 Å². The van der Waals surface area contributed by atoms with Gasteiger partial charge in [-0.2, -0.15) is 0 Å². The molecule has 4 rings (SSSR count). The van der Waals surface area contributed by atoms with Gasteiger partial charge in [-0.3, -0.25) is 4.79 Å². The van der Waals surface area contributed by atoms with Gasteiger partial charge >= 0.3 is 0 Å². The van der Waals surface area contributed by atoms with E-state index in [1.165, 1.54) is 23.3 Å². The number of fused-ring (bicyclic) bond motifs is 1. The molecule has 6 nitrogen and oxygen atoms in total. The van der Waals surface area contributed by atoms with Crippen LogP contribution in [-0.2, 0) is 27.8 Å². The van der Waals surface area contributed by atoms with Crippen LogP contribution in [0.1, 0.15) is 35.6 Å². The van der Waals surface area contributed by atoms with Crippen LogP contribution in [0.5, 0.6) is 5.75 Å². The van der Waals surface area contributed by atoms with Crippen molar-refractivity contribution in [2.45, 2.75) is 36.7 Å². The van der Waals surface area contributed by atoms with E-state index < -0.39 is 10.0 Å². The van der Waals surface area contributed by atoms with E-state index >= 15 is 0 Å². The Kier molecular flexibility index (Phi) is 6.87. The Labute approximate surface area is 188 Å². The predicted octanol–water partition coefficient (Wildman–Crippen LogP) is 3.74. The number of ether oxygens (including phenoxy) is 1. The van der Waals surface area contributed by atoms with Crippen molar-refractivity contribution in [3.8, 4) is 5.75 Å². The lowest BCUT2D eigenvalue weighted by Crippen LogP contribution is -2.34. The third kappa shape index (κ3) is 5.55. The van der Waals surface area contributed by atoms with Gasteiger partial charge in [-0.1, -0.05) is 54.6 Å². The summed E-state index contributed by atoms with van der Waals surface area (Å²) in [6.07, 6.45) is 2.98. The first-order chi connectivity index (χ1) is 15.5. The fraction of sp³-hybridized carbons (Fsp3) is 0.240. The Bertz CT molecular complexity index is 1160. The highest BCUT2D eigenvalue weighted by atomic mass is 32.2. The molecule has 3 aromatic rings. The molecule has 1 atom stereocenters. The second kappa shape index (κ2) is 9.97. The fourth-order valence-electron chi connectivity index (χ4n) is 3.86. The van der Waals surface area contributed by atoms with Gasteiger partial charge in [-0.15, -0.1) is 0 Å². The zero-order valence-electron chi connectivity index (χ0n) is 17.7. The molecule has 1 aliphatic carbocycles. The zero-order chi connectivity index (χ0) is 22.4. The van der Waals surface area contributed by atoms with Crippen LogP contribution in [0.4, 0.5) is 0 Å². The Balaban J connectivity index is 1.30. The number of sulfonamides is 1. The van der Waals surface area contributed by atoms with Crippen LogP contribution in [0, 0.1) is 0 Å². The summed E-state index contributed by atoms with van der Waals surface area (Å²) in [6, 6.07) is 23.5. The molecule has 0 unspecified atom stereocenters. The molecule has 32 heavy (non-hydrogen) atoms. The summed E-state index contributed by atoms with van der Waals surface area (Å²) in [5, 5.41) is 3.04. The van der Waals surface area contributed by atoms with Crippen LogP contribution in [0.25, 0.3) is 0 Å². The van der Waals surface area contributed by atoms with Crippen molar-refractivity contribution >= 4 is 15.9 Å². The van der Waals surface area contributed by atoms with Crippen molar-refractivity contribution in [2.24, 2.45) is 0 Å². The summed E-state index contributed by atoms with van der Waals surface area (Å²) in [5.41, 5.74) is 3.33. The molecule has 2 N–H and O–H groups in total. The van der Waals surface area contributed by atoms with Gasteiger partial charge in [0.2, 0.25) is 10.0 Å². The maximum atomic E-state index is 12.5. The Morgan fingerprint density at radius 2 is 1.66 bits per heavy atom. The zero-order valence-corrected chi connectivity index (χ0v) is 18.5. The molecular formula is C25H26N2O4S. The summed E-state index contributed by atoms with van der Waals surface area (Å²) in [5.74, 6) is 0.235. The average molecular weight is 451 g/mol. The first-order valence-corrected chi connectivity index (χ1v) is 12.1. The summed E-state index contributed by atoms with van der Waals surface area (Å²) in [7, 11) is -3.64. The van der Waals surface area contributed by atoms with Crippen LogP contribution >= 0.6 is 0 Å². The number of carbonyl (C=O) groups is 1. The van der Waals surface area contributed by atoms with Crippen LogP contribution in [0.3, 0.4) is 0 Å². The van der Waals surface area contributed by atoms with Crippen LogP contribution in [-0.4, -0.2) is 20.9 Å². The van der Waals surface area contributed by atoms with Gasteiger partial charge in [-0.05, 0) is 60.2 Å². The van der Waals surface area contributed by atoms with E-state index in [-0.39, 0.29) is 30.0 Å². The maximum Gasteiger partial charge on any atom is 0.258 e. The topological polar surface area (TPSA) is 84.5 Å². The highest BCUT2D eigenvalue weighted by Gasteiger charge is 2.21. The van der Waals surface area contributed by atoms with E-state index in [2.05, 4.69) is 22.2 Å². The van der Waals surface area contributed by atoms with Gasteiger partial charge < -0.3 is 10.1 Å². The molecule has 7 heteroatoms.